The molecule has 0 spiro atoms. The quantitative estimate of drug-likeness (QED) is 0.616. The van der Waals surface area contributed by atoms with Gasteiger partial charge in [0.05, 0.1) is 0 Å². The molecule has 0 N–H and O–H groups in total. The van der Waals surface area contributed by atoms with Crippen LogP contribution in [0.4, 0.5) is 0 Å². The minimum atomic E-state index is -0.0990. The van der Waals surface area contributed by atoms with E-state index in [1.165, 1.54) is 38.5 Å². The van der Waals surface area contributed by atoms with Crippen LogP contribution in [-0.2, 0) is 9.59 Å². The van der Waals surface area contributed by atoms with Crippen molar-refractivity contribution in [2.75, 3.05) is 0 Å². The predicted octanol–water partition coefficient (Wildman–Crippen LogP) is 4.11. The number of rotatable bonds is 0. The lowest BCUT2D eigenvalue weighted by Gasteiger charge is -2.34. The fourth-order valence-electron chi connectivity index (χ4n) is 3.76. The van der Waals surface area contributed by atoms with E-state index in [4.69, 9.17) is 0 Å². The summed E-state index contributed by atoms with van der Waals surface area (Å²) in [5.74, 6) is 3.46. The van der Waals surface area contributed by atoms with Crippen LogP contribution in [0.5, 0.6) is 0 Å². The summed E-state index contributed by atoms with van der Waals surface area (Å²) in [6, 6.07) is 0. The minimum Gasteiger partial charge on any atom is -0.299 e. The maximum atomic E-state index is 12.3. The number of allylic oxidation sites excluding steroid dienone is 1. The lowest BCUT2D eigenvalue weighted by molar-refractivity contribution is -0.123. The average molecular weight is 262 g/mol. The van der Waals surface area contributed by atoms with Crippen LogP contribution in [0.15, 0.2) is 5.57 Å². The van der Waals surface area contributed by atoms with E-state index in [9.17, 15) is 9.59 Å². The van der Waals surface area contributed by atoms with Crippen molar-refractivity contribution in [2.45, 2.75) is 71.1 Å². The number of carbonyl (C=O) groups is 1. The highest BCUT2D eigenvalue weighted by molar-refractivity contribution is 5.86. The Morgan fingerprint density at radius 1 is 1.05 bits per heavy atom. The molecule has 3 unspecified atom stereocenters. The number of hydrogen-bond acceptors (Lipinski definition) is 2. The van der Waals surface area contributed by atoms with Crippen LogP contribution in [0, 0.1) is 17.8 Å². The van der Waals surface area contributed by atoms with E-state index in [-0.39, 0.29) is 5.92 Å². The molecule has 0 radical (unpaired) electrons. The minimum absolute atomic E-state index is 0.0990. The van der Waals surface area contributed by atoms with Gasteiger partial charge >= 0.3 is 0 Å². The third-order valence-electron chi connectivity index (χ3n) is 5.07. The first kappa shape index (κ1) is 14.5. The summed E-state index contributed by atoms with van der Waals surface area (Å²) < 4.78 is 0. The Balaban J connectivity index is 2.11. The number of carbonyl (C=O) groups excluding carboxylic acids is 2. The molecule has 2 saturated carbocycles. The molecule has 2 nitrogen and oxygen atoms in total. The summed E-state index contributed by atoms with van der Waals surface area (Å²) in [6.45, 7) is 2.23. The molecule has 19 heavy (non-hydrogen) atoms. The second-order valence-corrected chi connectivity index (χ2v) is 6.48. The zero-order valence-electron chi connectivity index (χ0n) is 12.1. The first-order valence-corrected chi connectivity index (χ1v) is 7.99. The van der Waals surface area contributed by atoms with Crippen LogP contribution in [0.3, 0.4) is 0 Å². The second kappa shape index (κ2) is 7.05. The Kier molecular flexibility index (Phi) is 5.39. The van der Waals surface area contributed by atoms with Crippen LogP contribution in [-0.4, -0.2) is 11.7 Å². The Hall–Kier alpha value is -0.880. The molecule has 0 heterocycles. The summed E-state index contributed by atoms with van der Waals surface area (Å²) in [7, 11) is 0. The van der Waals surface area contributed by atoms with Gasteiger partial charge in [-0.05, 0) is 31.1 Å². The molecule has 0 aromatic carbocycles. The molecule has 2 bridgehead atoms. The SMILES string of the molecule is CC1CC(=C=O)C2CC1CCCCCCCCC2=O. The number of ketones is 1. The number of fused-ring (bicyclic) bond motifs is 2. The molecule has 0 saturated heterocycles. The molecular formula is C17H26O2. The molecule has 106 valence electrons. The van der Waals surface area contributed by atoms with Crippen molar-refractivity contribution in [3.05, 3.63) is 5.57 Å². The fraction of sp³-hybridized carbons (Fsp3) is 0.824. The third-order valence-corrected chi connectivity index (χ3v) is 5.07. The van der Waals surface area contributed by atoms with Crippen LogP contribution < -0.4 is 0 Å². The van der Waals surface area contributed by atoms with E-state index in [2.05, 4.69) is 12.9 Å². The summed E-state index contributed by atoms with van der Waals surface area (Å²) in [5.41, 5.74) is 0.755. The van der Waals surface area contributed by atoms with Gasteiger partial charge in [0, 0.05) is 17.9 Å². The van der Waals surface area contributed by atoms with Crippen molar-refractivity contribution in [3.8, 4) is 0 Å². The van der Waals surface area contributed by atoms with Gasteiger partial charge in [-0.1, -0.05) is 45.4 Å². The maximum Gasteiger partial charge on any atom is 0.140 e. The smallest absolute Gasteiger partial charge is 0.140 e. The average Bonchev–Trinajstić information content (AvgIpc) is 2.40. The van der Waals surface area contributed by atoms with Gasteiger partial charge in [-0.2, -0.15) is 0 Å². The van der Waals surface area contributed by atoms with Crippen molar-refractivity contribution >= 4 is 11.7 Å². The van der Waals surface area contributed by atoms with E-state index in [0.717, 1.165) is 24.8 Å². The number of Topliss-reactive ketones (excluding diaryl/α,β-unsaturated/α-hetero) is 1. The normalized spacial score (nSPS) is 34.1. The molecular weight excluding hydrogens is 236 g/mol. The molecule has 0 aromatic heterocycles. The second-order valence-electron chi connectivity index (χ2n) is 6.48. The van der Waals surface area contributed by atoms with Gasteiger partial charge in [0.1, 0.15) is 11.7 Å². The van der Waals surface area contributed by atoms with E-state index < -0.39 is 0 Å². The maximum absolute atomic E-state index is 12.3. The summed E-state index contributed by atoms with van der Waals surface area (Å²) in [5, 5.41) is 0. The Morgan fingerprint density at radius 3 is 2.47 bits per heavy atom. The number of hydrogen-bond donors (Lipinski definition) is 0. The largest absolute Gasteiger partial charge is 0.299 e. The predicted molar refractivity (Wildman–Crippen MR) is 76.5 cm³/mol. The molecule has 0 aliphatic heterocycles. The summed E-state index contributed by atoms with van der Waals surface area (Å²) in [4.78, 5) is 23.4. The zero-order valence-corrected chi connectivity index (χ0v) is 12.1. The molecule has 2 aliphatic rings. The highest BCUT2D eigenvalue weighted by atomic mass is 16.1. The van der Waals surface area contributed by atoms with Gasteiger partial charge < -0.3 is 0 Å². The molecule has 2 heteroatoms. The van der Waals surface area contributed by atoms with E-state index in [1.807, 2.05) is 0 Å². The Bertz CT molecular complexity index is 365. The van der Waals surface area contributed by atoms with Gasteiger partial charge in [-0.15, -0.1) is 0 Å². The lowest BCUT2D eigenvalue weighted by Crippen LogP contribution is -2.30. The Morgan fingerprint density at radius 2 is 1.74 bits per heavy atom. The van der Waals surface area contributed by atoms with Crippen molar-refractivity contribution in [3.63, 3.8) is 0 Å². The Labute approximate surface area is 116 Å². The topological polar surface area (TPSA) is 34.1 Å². The van der Waals surface area contributed by atoms with Gasteiger partial charge in [-0.3, -0.25) is 4.79 Å². The standard InChI is InChI=1S/C17H26O2/c1-13-10-15(12-18)16-11-14(13)8-6-4-2-3-5-7-9-17(16)19/h13-14,16H,2-11H2,1H3. The highest BCUT2D eigenvalue weighted by Gasteiger charge is 2.35. The van der Waals surface area contributed by atoms with Gasteiger partial charge in [-0.25, -0.2) is 4.79 Å². The molecule has 2 rings (SSSR count). The molecule has 2 aliphatic carbocycles. The van der Waals surface area contributed by atoms with Gasteiger partial charge in [0.2, 0.25) is 0 Å². The van der Waals surface area contributed by atoms with Crippen LogP contribution >= 0.6 is 0 Å². The van der Waals surface area contributed by atoms with E-state index in [0.29, 0.717) is 24.0 Å². The lowest BCUT2D eigenvalue weighted by atomic mass is 9.69. The van der Waals surface area contributed by atoms with E-state index in [1.54, 1.807) is 0 Å². The van der Waals surface area contributed by atoms with Gasteiger partial charge in [0.15, 0.2) is 0 Å². The molecule has 0 aromatic rings. The highest BCUT2D eigenvalue weighted by Crippen LogP contribution is 2.40. The van der Waals surface area contributed by atoms with Crippen LogP contribution in [0.25, 0.3) is 0 Å². The zero-order chi connectivity index (χ0) is 13.7. The first-order chi connectivity index (χ1) is 9.22. The van der Waals surface area contributed by atoms with Crippen LogP contribution in [0.2, 0.25) is 0 Å². The van der Waals surface area contributed by atoms with Gasteiger partial charge in [0.25, 0.3) is 0 Å². The third kappa shape index (κ3) is 3.79. The fourth-order valence-corrected chi connectivity index (χ4v) is 3.76. The molecule has 0 amide bonds. The van der Waals surface area contributed by atoms with Crippen molar-refractivity contribution < 1.29 is 9.59 Å². The molecule has 2 fully saturated rings. The van der Waals surface area contributed by atoms with Crippen LogP contribution in [0.1, 0.15) is 71.1 Å². The van der Waals surface area contributed by atoms with Crippen molar-refractivity contribution in [2.24, 2.45) is 17.8 Å². The monoisotopic (exact) mass is 262 g/mol. The summed E-state index contributed by atoms with van der Waals surface area (Å²) in [6.07, 6.45) is 11.0. The first-order valence-electron chi connectivity index (χ1n) is 7.99. The van der Waals surface area contributed by atoms with Crippen molar-refractivity contribution in [1.29, 1.82) is 0 Å². The van der Waals surface area contributed by atoms with Crippen molar-refractivity contribution in [1.82, 2.24) is 0 Å². The van der Waals surface area contributed by atoms with E-state index >= 15 is 0 Å². The molecule has 3 atom stereocenters. The summed E-state index contributed by atoms with van der Waals surface area (Å²) >= 11 is 0.